The molecule has 4 rings (SSSR count). The molecule has 0 bridgehead atoms. The first-order valence-corrected chi connectivity index (χ1v) is 8.71. The van der Waals surface area contributed by atoms with Crippen molar-refractivity contribution < 1.29 is 4.74 Å². The Kier molecular flexibility index (Phi) is 4.10. The van der Waals surface area contributed by atoms with Crippen molar-refractivity contribution in [2.75, 3.05) is 6.61 Å². The van der Waals surface area contributed by atoms with Gasteiger partial charge in [-0.15, -0.1) is 0 Å². The fraction of sp³-hybridized carbons (Fsp3) is 0.190. The van der Waals surface area contributed by atoms with Crippen molar-refractivity contribution >= 4 is 11.6 Å². The van der Waals surface area contributed by atoms with Crippen LogP contribution in [-0.2, 0) is 13.0 Å². The van der Waals surface area contributed by atoms with E-state index in [4.69, 9.17) is 16.3 Å². The summed E-state index contributed by atoms with van der Waals surface area (Å²) in [4.78, 5) is 12.9. The summed E-state index contributed by atoms with van der Waals surface area (Å²) < 4.78 is 7.52. The van der Waals surface area contributed by atoms with Crippen LogP contribution in [0.15, 0.2) is 59.5 Å². The highest BCUT2D eigenvalue weighted by Crippen LogP contribution is 2.35. The number of aromatic nitrogens is 1. The lowest BCUT2D eigenvalue weighted by atomic mass is 10.0. The molecule has 3 nitrogen and oxygen atoms in total. The van der Waals surface area contributed by atoms with Crippen LogP contribution in [0.25, 0.3) is 11.1 Å². The molecule has 3 aromatic rings. The summed E-state index contributed by atoms with van der Waals surface area (Å²) in [7, 11) is 0. The standard InChI is InChI=1S/C21H18ClNO2/c1-14-6-8-15(9-7-14)18-13-23(12-16-4-2-3-5-19(16)22)21(24)17-10-11-25-20(17)18/h2-9,13H,10-12H2,1H3. The number of pyridine rings is 1. The molecule has 1 aliphatic rings. The zero-order valence-corrected chi connectivity index (χ0v) is 14.7. The summed E-state index contributed by atoms with van der Waals surface area (Å²) in [6, 6.07) is 15.9. The predicted molar refractivity (Wildman–Crippen MR) is 101 cm³/mol. The molecule has 1 aliphatic heterocycles. The average molecular weight is 352 g/mol. The summed E-state index contributed by atoms with van der Waals surface area (Å²) >= 11 is 6.28. The number of rotatable bonds is 3. The van der Waals surface area contributed by atoms with Gasteiger partial charge in [0.1, 0.15) is 5.75 Å². The zero-order valence-electron chi connectivity index (χ0n) is 14.0. The van der Waals surface area contributed by atoms with E-state index in [0.717, 1.165) is 28.0 Å². The Hall–Kier alpha value is -2.52. The Morgan fingerprint density at radius 2 is 1.88 bits per heavy atom. The topological polar surface area (TPSA) is 31.2 Å². The van der Waals surface area contributed by atoms with Gasteiger partial charge in [0.2, 0.25) is 0 Å². The van der Waals surface area contributed by atoms with E-state index in [1.807, 2.05) is 30.5 Å². The quantitative estimate of drug-likeness (QED) is 0.697. The lowest BCUT2D eigenvalue weighted by molar-refractivity contribution is 0.358. The normalized spacial score (nSPS) is 12.7. The highest BCUT2D eigenvalue weighted by atomic mass is 35.5. The maximum absolute atomic E-state index is 12.9. The Bertz CT molecular complexity index is 990. The Morgan fingerprint density at radius 1 is 1.12 bits per heavy atom. The molecule has 0 N–H and O–H groups in total. The number of nitrogens with zero attached hydrogens (tertiary/aromatic N) is 1. The number of hydrogen-bond donors (Lipinski definition) is 0. The number of aryl methyl sites for hydroxylation is 1. The number of halogens is 1. The van der Waals surface area contributed by atoms with Gasteiger partial charge in [-0.2, -0.15) is 0 Å². The minimum atomic E-state index is 0.00304. The molecule has 0 saturated carbocycles. The van der Waals surface area contributed by atoms with Crippen molar-refractivity contribution in [3.05, 3.63) is 86.8 Å². The monoisotopic (exact) mass is 351 g/mol. The van der Waals surface area contributed by atoms with Crippen molar-refractivity contribution in [1.29, 1.82) is 0 Å². The Labute approximate surface area is 151 Å². The van der Waals surface area contributed by atoms with E-state index in [1.165, 1.54) is 5.56 Å². The van der Waals surface area contributed by atoms with E-state index in [2.05, 4.69) is 31.2 Å². The number of fused-ring (bicyclic) bond motifs is 1. The first-order valence-electron chi connectivity index (χ1n) is 8.33. The summed E-state index contributed by atoms with van der Waals surface area (Å²) in [6.07, 6.45) is 2.54. The third-order valence-electron chi connectivity index (χ3n) is 4.58. The van der Waals surface area contributed by atoms with Crippen molar-refractivity contribution in [2.24, 2.45) is 0 Å². The van der Waals surface area contributed by atoms with Gasteiger partial charge in [0.15, 0.2) is 0 Å². The van der Waals surface area contributed by atoms with E-state index in [0.29, 0.717) is 24.6 Å². The second-order valence-corrected chi connectivity index (χ2v) is 6.75. The van der Waals surface area contributed by atoms with Crippen LogP contribution in [0.2, 0.25) is 5.02 Å². The van der Waals surface area contributed by atoms with Gasteiger partial charge in [-0.05, 0) is 24.1 Å². The maximum Gasteiger partial charge on any atom is 0.257 e. The minimum absolute atomic E-state index is 0.00304. The number of benzene rings is 2. The van der Waals surface area contributed by atoms with E-state index < -0.39 is 0 Å². The van der Waals surface area contributed by atoms with Crippen LogP contribution in [0.3, 0.4) is 0 Å². The van der Waals surface area contributed by atoms with E-state index >= 15 is 0 Å². The summed E-state index contributed by atoms with van der Waals surface area (Å²) in [5, 5.41) is 0.669. The molecule has 0 aliphatic carbocycles. The van der Waals surface area contributed by atoms with Crippen molar-refractivity contribution in [3.8, 4) is 16.9 Å². The second kappa shape index (κ2) is 6.41. The van der Waals surface area contributed by atoms with Crippen LogP contribution in [0.4, 0.5) is 0 Å². The van der Waals surface area contributed by atoms with Crippen LogP contribution in [0.1, 0.15) is 16.7 Å². The molecule has 0 fully saturated rings. The molecule has 126 valence electrons. The smallest absolute Gasteiger partial charge is 0.257 e. The first-order chi connectivity index (χ1) is 12.1. The molecular formula is C21H18ClNO2. The Morgan fingerprint density at radius 3 is 2.64 bits per heavy atom. The summed E-state index contributed by atoms with van der Waals surface area (Å²) in [5.74, 6) is 0.726. The largest absolute Gasteiger partial charge is 0.492 e. The third kappa shape index (κ3) is 2.96. The SMILES string of the molecule is Cc1ccc(-c2cn(Cc3ccccc3Cl)c(=O)c3c2OCC3)cc1. The van der Waals surface area contributed by atoms with Crippen molar-refractivity contribution in [1.82, 2.24) is 4.57 Å². The molecule has 0 radical (unpaired) electrons. The zero-order chi connectivity index (χ0) is 17.4. The van der Waals surface area contributed by atoms with Gasteiger partial charge < -0.3 is 9.30 Å². The lowest BCUT2D eigenvalue weighted by Crippen LogP contribution is -2.23. The van der Waals surface area contributed by atoms with Crippen LogP contribution in [-0.4, -0.2) is 11.2 Å². The third-order valence-corrected chi connectivity index (χ3v) is 4.95. The van der Waals surface area contributed by atoms with Gasteiger partial charge in [-0.3, -0.25) is 4.79 Å². The number of ether oxygens (including phenoxy) is 1. The van der Waals surface area contributed by atoms with E-state index in [1.54, 1.807) is 4.57 Å². The highest BCUT2D eigenvalue weighted by molar-refractivity contribution is 6.31. The molecule has 2 aromatic carbocycles. The van der Waals surface area contributed by atoms with E-state index in [9.17, 15) is 4.79 Å². The lowest BCUT2D eigenvalue weighted by Gasteiger charge is -2.14. The average Bonchev–Trinajstić information content (AvgIpc) is 3.10. The summed E-state index contributed by atoms with van der Waals surface area (Å²) in [6.45, 7) is 3.06. The Balaban J connectivity index is 1.86. The van der Waals surface area contributed by atoms with Gasteiger partial charge in [-0.25, -0.2) is 0 Å². The highest BCUT2D eigenvalue weighted by Gasteiger charge is 2.23. The van der Waals surface area contributed by atoms with Crippen molar-refractivity contribution in [3.63, 3.8) is 0 Å². The molecule has 0 unspecified atom stereocenters. The first kappa shape index (κ1) is 16.0. The summed E-state index contributed by atoms with van der Waals surface area (Å²) in [5.41, 5.74) is 4.90. The van der Waals surface area contributed by atoms with Crippen LogP contribution >= 0.6 is 11.6 Å². The van der Waals surface area contributed by atoms with Gasteiger partial charge in [0.25, 0.3) is 5.56 Å². The minimum Gasteiger partial charge on any atom is -0.492 e. The van der Waals surface area contributed by atoms with E-state index in [-0.39, 0.29) is 5.56 Å². The van der Waals surface area contributed by atoms with Crippen LogP contribution in [0.5, 0.6) is 5.75 Å². The van der Waals surface area contributed by atoms with Crippen LogP contribution < -0.4 is 10.3 Å². The van der Waals surface area contributed by atoms with Gasteiger partial charge in [0.05, 0.1) is 18.7 Å². The molecule has 25 heavy (non-hydrogen) atoms. The second-order valence-electron chi connectivity index (χ2n) is 6.34. The fourth-order valence-electron chi connectivity index (χ4n) is 3.21. The molecule has 0 amide bonds. The van der Waals surface area contributed by atoms with Gasteiger partial charge in [-0.1, -0.05) is 59.6 Å². The molecule has 4 heteroatoms. The molecule has 0 atom stereocenters. The van der Waals surface area contributed by atoms with Crippen LogP contribution in [0, 0.1) is 6.92 Å². The maximum atomic E-state index is 12.9. The molecule has 2 heterocycles. The molecule has 0 saturated heterocycles. The fourth-order valence-corrected chi connectivity index (χ4v) is 3.41. The number of hydrogen-bond acceptors (Lipinski definition) is 2. The molecule has 1 aromatic heterocycles. The molecule has 0 spiro atoms. The predicted octanol–water partition coefficient (Wildman–Crippen LogP) is 4.46. The van der Waals surface area contributed by atoms with Gasteiger partial charge >= 0.3 is 0 Å². The van der Waals surface area contributed by atoms with Crippen molar-refractivity contribution in [2.45, 2.75) is 19.9 Å². The molecular weight excluding hydrogens is 334 g/mol. The van der Waals surface area contributed by atoms with Gasteiger partial charge in [0, 0.05) is 23.2 Å².